The third-order valence-corrected chi connectivity index (χ3v) is 5.13. The van der Waals surface area contributed by atoms with Gasteiger partial charge < -0.3 is 10.2 Å². The van der Waals surface area contributed by atoms with Crippen LogP contribution in [0.2, 0.25) is 0 Å². The normalized spacial score (nSPS) is 17.1. The zero-order chi connectivity index (χ0) is 17.6. The minimum atomic E-state index is -3.47. The number of hydrogen-bond donors (Lipinski definition) is 2. The topological polar surface area (TPSA) is 92.5 Å². The number of amides is 2. The van der Waals surface area contributed by atoms with Gasteiger partial charge in [-0.15, -0.1) is 12.3 Å². The van der Waals surface area contributed by atoms with Crippen molar-refractivity contribution in [2.75, 3.05) is 18.8 Å². The molecule has 1 unspecified atom stereocenters. The number of sulfonamides is 1. The number of urea groups is 1. The van der Waals surface area contributed by atoms with E-state index >= 15 is 0 Å². The van der Waals surface area contributed by atoms with Crippen molar-refractivity contribution in [2.45, 2.75) is 25.3 Å². The molecule has 0 aliphatic carbocycles. The number of nitrogens with one attached hydrogen (secondary N) is 1. The number of likely N-dealkylation sites (tertiary alicyclic amines) is 1. The molecular weight excluding hydrogens is 326 g/mol. The Bertz CT molecular complexity index is 690. The molecule has 1 saturated heterocycles. The van der Waals surface area contributed by atoms with E-state index in [1.165, 1.54) is 0 Å². The highest BCUT2D eigenvalue weighted by Crippen LogP contribution is 2.20. The van der Waals surface area contributed by atoms with E-state index in [1.54, 1.807) is 4.90 Å². The number of nitrogens with zero attached hydrogens (tertiary/aromatic N) is 1. The molecule has 0 aromatic heterocycles. The molecule has 1 aromatic rings. The molecule has 7 heteroatoms. The largest absolute Gasteiger partial charge is 0.330 e. The van der Waals surface area contributed by atoms with Crippen LogP contribution in [0.25, 0.3) is 0 Å². The lowest BCUT2D eigenvalue weighted by Crippen LogP contribution is -2.46. The number of rotatable bonds is 5. The summed E-state index contributed by atoms with van der Waals surface area (Å²) in [6.07, 6.45) is 7.10. The second kappa shape index (κ2) is 8.18. The summed E-state index contributed by atoms with van der Waals surface area (Å²) in [5.41, 5.74) is 0.966. The Labute approximate surface area is 143 Å². The number of terminal acetylenes is 1. The van der Waals surface area contributed by atoms with Gasteiger partial charge in [0, 0.05) is 19.5 Å². The van der Waals surface area contributed by atoms with Gasteiger partial charge in [-0.3, -0.25) is 0 Å². The Kier molecular flexibility index (Phi) is 6.23. The number of hydrogen-bond acceptors (Lipinski definition) is 3. The summed E-state index contributed by atoms with van der Waals surface area (Å²) in [6.45, 7) is 1.03. The van der Waals surface area contributed by atoms with Crippen molar-refractivity contribution in [2.24, 2.45) is 11.1 Å². The summed E-state index contributed by atoms with van der Waals surface area (Å²) < 4.78 is 22.3. The molecule has 0 radical (unpaired) electrons. The van der Waals surface area contributed by atoms with Crippen LogP contribution >= 0.6 is 0 Å². The van der Waals surface area contributed by atoms with Crippen molar-refractivity contribution in [3.05, 3.63) is 35.9 Å². The van der Waals surface area contributed by atoms with Crippen molar-refractivity contribution in [3.8, 4) is 12.3 Å². The third-order valence-electron chi connectivity index (χ3n) is 4.19. The average molecular weight is 349 g/mol. The number of carbonyl (C=O) groups excluding carboxylic acids is 1. The Morgan fingerprint density at radius 2 is 1.96 bits per heavy atom. The van der Waals surface area contributed by atoms with Gasteiger partial charge in [0.05, 0.1) is 11.8 Å². The Balaban J connectivity index is 1.91. The first-order chi connectivity index (χ1) is 11.4. The monoisotopic (exact) mass is 349 g/mol. The zero-order valence-corrected chi connectivity index (χ0v) is 14.3. The fraction of sp³-hybridized carbons (Fsp3) is 0.471. The summed E-state index contributed by atoms with van der Waals surface area (Å²) >= 11 is 0. The van der Waals surface area contributed by atoms with Gasteiger partial charge in [0.25, 0.3) is 0 Å². The predicted molar refractivity (Wildman–Crippen MR) is 93.4 cm³/mol. The van der Waals surface area contributed by atoms with Crippen molar-refractivity contribution in [3.63, 3.8) is 0 Å². The highest BCUT2D eigenvalue weighted by molar-refractivity contribution is 7.89. The first-order valence-electron chi connectivity index (χ1n) is 7.93. The summed E-state index contributed by atoms with van der Waals surface area (Å²) in [5, 5.41) is 8.05. The molecule has 130 valence electrons. The summed E-state index contributed by atoms with van der Waals surface area (Å²) in [5.74, 6) is 2.59. The highest BCUT2D eigenvalue weighted by Gasteiger charge is 2.26. The van der Waals surface area contributed by atoms with Gasteiger partial charge in [-0.2, -0.15) is 0 Å². The average Bonchev–Trinajstić information content (AvgIpc) is 2.54. The molecule has 1 aromatic carbocycles. The van der Waals surface area contributed by atoms with Crippen LogP contribution in [-0.4, -0.2) is 38.2 Å². The quantitative estimate of drug-likeness (QED) is 0.788. The molecule has 2 rings (SSSR count). The molecule has 1 fully saturated rings. The number of carbonyl (C=O) groups is 1. The maximum absolute atomic E-state index is 12.5. The molecule has 1 heterocycles. The molecule has 0 saturated carbocycles. The SMILES string of the molecule is C#CCC(NC(=O)N1CCC(CS(N)(=O)=O)CC1)c1ccccc1. The van der Waals surface area contributed by atoms with Gasteiger partial charge in [-0.25, -0.2) is 18.4 Å². The van der Waals surface area contributed by atoms with E-state index in [2.05, 4.69) is 11.2 Å². The van der Waals surface area contributed by atoms with Crippen LogP contribution in [0.3, 0.4) is 0 Å². The summed E-state index contributed by atoms with van der Waals surface area (Å²) in [7, 11) is -3.47. The van der Waals surface area contributed by atoms with Crippen LogP contribution in [0.5, 0.6) is 0 Å². The molecular formula is C17H23N3O3S. The summed E-state index contributed by atoms with van der Waals surface area (Å²) in [4.78, 5) is 14.2. The molecule has 3 N–H and O–H groups in total. The van der Waals surface area contributed by atoms with Crippen molar-refractivity contribution >= 4 is 16.1 Å². The fourth-order valence-corrected chi connectivity index (χ4v) is 3.92. The van der Waals surface area contributed by atoms with Gasteiger partial charge in [0.2, 0.25) is 10.0 Å². The Hall–Kier alpha value is -2.04. The lowest BCUT2D eigenvalue weighted by molar-refractivity contribution is 0.171. The molecule has 24 heavy (non-hydrogen) atoms. The van der Waals surface area contributed by atoms with Crippen LogP contribution in [-0.2, 0) is 10.0 Å². The van der Waals surface area contributed by atoms with Crippen LogP contribution in [0.1, 0.15) is 30.9 Å². The van der Waals surface area contributed by atoms with E-state index in [-0.39, 0.29) is 23.7 Å². The maximum Gasteiger partial charge on any atom is 0.317 e. The van der Waals surface area contributed by atoms with Crippen LogP contribution in [0.15, 0.2) is 30.3 Å². The zero-order valence-electron chi connectivity index (χ0n) is 13.5. The van der Waals surface area contributed by atoms with Crippen molar-refractivity contribution in [1.29, 1.82) is 0 Å². The van der Waals surface area contributed by atoms with E-state index in [0.29, 0.717) is 32.4 Å². The molecule has 1 aliphatic rings. The van der Waals surface area contributed by atoms with E-state index in [0.717, 1.165) is 5.56 Å². The van der Waals surface area contributed by atoms with Crippen LogP contribution in [0.4, 0.5) is 4.79 Å². The lowest BCUT2D eigenvalue weighted by Gasteiger charge is -2.32. The highest BCUT2D eigenvalue weighted by atomic mass is 32.2. The Morgan fingerprint density at radius 3 is 2.50 bits per heavy atom. The van der Waals surface area contributed by atoms with Crippen molar-refractivity contribution < 1.29 is 13.2 Å². The van der Waals surface area contributed by atoms with Crippen molar-refractivity contribution in [1.82, 2.24) is 10.2 Å². The maximum atomic E-state index is 12.5. The molecule has 6 nitrogen and oxygen atoms in total. The van der Waals surface area contributed by atoms with Gasteiger partial charge >= 0.3 is 6.03 Å². The molecule has 2 amide bonds. The molecule has 0 bridgehead atoms. The van der Waals surface area contributed by atoms with E-state index in [4.69, 9.17) is 11.6 Å². The first-order valence-corrected chi connectivity index (χ1v) is 9.65. The van der Waals surface area contributed by atoms with Gasteiger partial charge in [0.15, 0.2) is 0 Å². The number of piperidine rings is 1. The van der Waals surface area contributed by atoms with Crippen LogP contribution in [0, 0.1) is 18.3 Å². The van der Waals surface area contributed by atoms with Crippen LogP contribution < -0.4 is 10.5 Å². The second-order valence-electron chi connectivity index (χ2n) is 6.08. The van der Waals surface area contributed by atoms with Gasteiger partial charge in [-0.05, 0) is 24.3 Å². The second-order valence-corrected chi connectivity index (χ2v) is 7.74. The number of benzene rings is 1. The molecule has 0 spiro atoms. The van der Waals surface area contributed by atoms with E-state index in [1.807, 2.05) is 30.3 Å². The minimum Gasteiger partial charge on any atom is -0.330 e. The predicted octanol–water partition coefficient (Wildman–Crippen LogP) is 1.46. The fourth-order valence-electron chi connectivity index (χ4n) is 2.93. The van der Waals surface area contributed by atoms with E-state index < -0.39 is 10.0 Å². The van der Waals surface area contributed by atoms with Gasteiger partial charge in [0.1, 0.15) is 0 Å². The molecule has 1 atom stereocenters. The summed E-state index contributed by atoms with van der Waals surface area (Å²) in [6, 6.07) is 9.18. The standard InChI is InChI=1S/C17H23N3O3S/c1-2-6-16(15-7-4-3-5-8-15)19-17(21)20-11-9-14(10-12-20)13-24(18,22)23/h1,3-5,7-8,14,16H,6,9-13H2,(H,19,21)(H2,18,22,23). The molecule has 1 aliphatic heterocycles. The third kappa shape index (κ3) is 5.55. The first kappa shape index (κ1) is 18.3. The van der Waals surface area contributed by atoms with Gasteiger partial charge in [-0.1, -0.05) is 30.3 Å². The number of nitrogens with two attached hydrogens (primary N) is 1. The smallest absolute Gasteiger partial charge is 0.317 e. The minimum absolute atomic E-state index is 0.0136. The Morgan fingerprint density at radius 1 is 1.33 bits per heavy atom. The van der Waals surface area contributed by atoms with E-state index in [9.17, 15) is 13.2 Å². The number of primary sulfonamides is 1. The lowest BCUT2D eigenvalue weighted by atomic mass is 9.99.